The van der Waals surface area contributed by atoms with Crippen molar-refractivity contribution in [3.8, 4) is 0 Å². The van der Waals surface area contributed by atoms with E-state index in [9.17, 15) is 4.79 Å². The predicted octanol–water partition coefficient (Wildman–Crippen LogP) is 0.871. The molecule has 0 bridgehead atoms. The van der Waals surface area contributed by atoms with Crippen LogP contribution in [0.5, 0.6) is 0 Å². The topological polar surface area (TPSA) is 49.6 Å². The Morgan fingerprint density at radius 2 is 2.07 bits per heavy atom. The molecule has 15 heavy (non-hydrogen) atoms. The lowest BCUT2D eigenvalue weighted by atomic mass is 9.98. The van der Waals surface area contributed by atoms with E-state index in [0.717, 1.165) is 6.54 Å². The van der Waals surface area contributed by atoms with Gasteiger partial charge >= 0.3 is 6.03 Å². The van der Waals surface area contributed by atoms with Gasteiger partial charge in [-0.1, -0.05) is 12.8 Å². The molecule has 0 aromatic rings. The van der Waals surface area contributed by atoms with Gasteiger partial charge < -0.3 is 15.5 Å². The molecule has 1 saturated heterocycles. The van der Waals surface area contributed by atoms with Crippen molar-refractivity contribution in [2.75, 3.05) is 26.7 Å². The molecule has 4 heteroatoms. The number of urea groups is 1. The van der Waals surface area contributed by atoms with Crippen molar-refractivity contribution >= 4 is 6.03 Å². The summed E-state index contributed by atoms with van der Waals surface area (Å²) >= 11 is 0. The molecule has 1 heterocycles. The third-order valence-corrected chi connectivity index (χ3v) is 3.75. The molecule has 0 aromatic carbocycles. The molecular formula is C11H21N3O. The smallest absolute Gasteiger partial charge is 0.320 e. The van der Waals surface area contributed by atoms with Crippen LogP contribution < -0.4 is 5.73 Å². The summed E-state index contributed by atoms with van der Waals surface area (Å²) < 4.78 is 0. The van der Waals surface area contributed by atoms with Gasteiger partial charge in [0.05, 0.1) is 6.04 Å². The largest absolute Gasteiger partial charge is 0.329 e. The maximum atomic E-state index is 11.9. The van der Waals surface area contributed by atoms with Crippen molar-refractivity contribution in [1.29, 1.82) is 0 Å². The molecule has 4 nitrogen and oxygen atoms in total. The molecule has 0 aromatic heterocycles. The second kappa shape index (κ2) is 4.39. The summed E-state index contributed by atoms with van der Waals surface area (Å²) in [6.45, 7) is 2.18. The monoisotopic (exact) mass is 211 g/mol. The number of carbonyl (C=O) groups excluding carboxylic acids is 1. The second-order valence-corrected chi connectivity index (χ2v) is 4.76. The summed E-state index contributed by atoms with van der Waals surface area (Å²) in [5, 5.41) is 0. The molecule has 2 fully saturated rings. The molecule has 1 aliphatic carbocycles. The van der Waals surface area contributed by atoms with Gasteiger partial charge in [0.15, 0.2) is 0 Å². The van der Waals surface area contributed by atoms with Gasteiger partial charge in [-0.15, -0.1) is 0 Å². The van der Waals surface area contributed by atoms with Gasteiger partial charge in [0.2, 0.25) is 0 Å². The van der Waals surface area contributed by atoms with Gasteiger partial charge in [-0.25, -0.2) is 4.79 Å². The number of hydrogen-bond donors (Lipinski definition) is 1. The molecule has 2 amide bonds. The normalized spacial score (nSPS) is 28.1. The summed E-state index contributed by atoms with van der Waals surface area (Å²) in [7, 11) is 1.89. The average molecular weight is 211 g/mol. The van der Waals surface area contributed by atoms with E-state index in [4.69, 9.17) is 5.73 Å². The fourth-order valence-electron chi connectivity index (χ4n) is 2.96. The first-order valence-electron chi connectivity index (χ1n) is 5.96. The highest BCUT2D eigenvalue weighted by Crippen LogP contribution is 2.33. The Hall–Kier alpha value is -0.770. The Morgan fingerprint density at radius 3 is 2.67 bits per heavy atom. The summed E-state index contributed by atoms with van der Waals surface area (Å²) in [5.74, 6) is 0.713. The standard InChI is InChI=1S/C11H21N3O/c1-13-8-10(9-4-2-3-5-9)14(7-6-12)11(13)15/h9-10H,2-8,12H2,1H3. The Balaban J connectivity index is 2.05. The van der Waals surface area contributed by atoms with Crippen LogP contribution in [0.2, 0.25) is 0 Å². The Bertz CT molecular complexity index is 238. The molecule has 1 saturated carbocycles. The fraction of sp³-hybridized carbons (Fsp3) is 0.909. The van der Waals surface area contributed by atoms with Gasteiger partial charge in [-0.2, -0.15) is 0 Å². The average Bonchev–Trinajstić information content (AvgIpc) is 2.81. The van der Waals surface area contributed by atoms with Crippen LogP contribution in [-0.2, 0) is 0 Å². The van der Waals surface area contributed by atoms with E-state index in [1.807, 2.05) is 16.8 Å². The van der Waals surface area contributed by atoms with Crippen molar-refractivity contribution in [2.24, 2.45) is 11.7 Å². The Morgan fingerprint density at radius 1 is 1.40 bits per heavy atom. The van der Waals surface area contributed by atoms with Gasteiger partial charge in [0.1, 0.15) is 0 Å². The Labute approximate surface area is 91.4 Å². The maximum absolute atomic E-state index is 11.9. The molecular weight excluding hydrogens is 190 g/mol. The lowest BCUT2D eigenvalue weighted by molar-refractivity contribution is 0.180. The quantitative estimate of drug-likeness (QED) is 0.753. The summed E-state index contributed by atoms with van der Waals surface area (Å²) in [4.78, 5) is 15.7. The van der Waals surface area contributed by atoms with Crippen molar-refractivity contribution < 1.29 is 4.79 Å². The number of rotatable bonds is 3. The second-order valence-electron chi connectivity index (χ2n) is 4.76. The third-order valence-electron chi connectivity index (χ3n) is 3.75. The highest BCUT2D eigenvalue weighted by Gasteiger charge is 2.39. The number of nitrogens with two attached hydrogens (primary N) is 1. The number of nitrogens with zero attached hydrogens (tertiary/aromatic N) is 2. The molecule has 2 N–H and O–H groups in total. The number of amides is 2. The highest BCUT2D eigenvalue weighted by atomic mass is 16.2. The first kappa shape index (κ1) is 10.7. The van der Waals surface area contributed by atoms with Crippen LogP contribution in [0.1, 0.15) is 25.7 Å². The van der Waals surface area contributed by atoms with Crippen LogP contribution in [0.25, 0.3) is 0 Å². The van der Waals surface area contributed by atoms with Crippen molar-refractivity contribution in [3.05, 3.63) is 0 Å². The molecule has 1 atom stereocenters. The highest BCUT2D eigenvalue weighted by molar-refractivity contribution is 5.77. The van der Waals surface area contributed by atoms with Gasteiger partial charge in [-0.05, 0) is 18.8 Å². The Kier molecular flexibility index (Phi) is 3.14. The van der Waals surface area contributed by atoms with Crippen LogP contribution in [0.15, 0.2) is 0 Å². The minimum Gasteiger partial charge on any atom is -0.329 e. The molecule has 1 unspecified atom stereocenters. The first-order chi connectivity index (χ1) is 7.24. The van der Waals surface area contributed by atoms with E-state index in [1.165, 1.54) is 25.7 Å². The molecule has 2 aliphatic rings. The lowest BCUT2D eigenvalue weighted by Gasteiger charge is -2.27. The molecule has 2 rings (SSSR count). The maximum Gasteiger partial charge on any atom is 0.320 e. The van der Waals surface area contributed by atoms with Crippen molar-refractivity contribution in [1.82, 2.24) is 9.80 Å². The molecule has 0 spiro atoms. The third kappa shape index (κ3) is 1.95. The van der Waals surface area contributed by atoms with Crippen LogP contribution in [0.4, 0.5) is 4.79 Å². The van der Waals surface area contributed by atoms with E-state index in [1.54, 1.807) is 0 Å². The summed E-state index contributed by atoms with van der Waals surface area (Å²) in [5.41, 5.74) is 5.56. The zero-order chi connectivity index (χ0) is 10.8. The molecule has 1 aliphatic heterocycles. The summed E-state index contributed by atoms with van der Waals surface area (Å²) in [6, 6.07) is 0.589. The number of hydrogen-bond acceptors (Lipinski definition) is 2. The van der Waals surface area contributed by atoms with Crippen LogP contribution in [-0.4, -0.2) is 48.6 Å². The van der Waals surface area contributed by atoms with Crippen LogP contribution in [0, 0.1) is 5.92 Å². The first-order valence-corrected chi connectivity index (χ1v) is 5.96. The summed E-state index contributed by atoms with van der Waals surface area (Å²) in [6.07, 6.45) is 5.23. The SMILES string of the molecule is CN1CC(C2CCCC2)N(CCN)C1=O. The van der Waals surface area contributed by atoms with Gasteiger partial charge in [-0.3, -0.25) is 0 Å². The van der Waals surface area contributed by atoms with E-state index in [2.05, 4.69) is 0 Å². The fourth-order valence-corrected chi connectivity index (χ4v) is 2.96. The number of carbonyl (C=O) groups is 1. The van der Waals surface area contributed by atoms with Crippen LogP contribution in [0.3, 0.4) is 0 Å². The van der Waals surface area contributed by atoms with E-state index in [-0.39, 0.29) is 6.03 Å². The zero-order valence-corrected chi connectivity index (χ0v) is 9.48. The minimum absolute atomic E-state index is 0.164. The van der Waals surface area contributed by atoms with Crippen molar-refractivity contribution in [3.63, 3.8) is 0 Å². The zero-order valence-electron chi connectivity index (χ0n) is 9.48. The van der Waals surface area contributed by atoms with Gasteiger partial charge in [0.25, 0.3) is 0 Å². The number of likely N-dealkylation sites (N-methyl/N-ethyl adjacent to an activating group) is 1. The van der Waals surface area contributed by atoms with Crippen LogP contribution >= 0.6 is 0 Å². The molecule has 0 radical (unpaired) electrons. The lowest BCUT2D eigenvalue weighted by Crippen LogP contribution is -2.41. The predicted molar refractivity (Wildman–Crippen MR) is 59.5 cm³/mol. The van der Waals surface area contributed by atoms with E-state index < -0.39 is 0 Å². The minimum atomic E-state index is 0.164. The van der Waals surface area contributed by atoms with Gasteiger partial charge in [0, 0.05) is 26.7 Å². The van der Waals surface area contributed by atoms with E-state index in [0.29, 0.717) is 25.0 Å². The van der Waals surface area contributed by atoms with E-state index >= 15 is 0 Å². The molecule has 86 valence electrons. The van der Waals surface area contributed by atoms with Crippen molar-refractivity contribution in [2.45, 2.75) is 31.7 Å².